The van der Waals surface area contributed by atoms with Crippen molar-refractivity contribution in [1.29, 1.82) is 0 Å². The van der Waals surface area contributed by atoms with Gasteiger partial charge >= 0.3 is 5.69 Å². The van der Waals surface area contributed by atoms with Crippen LogP contribution in [0.15, 0.2) is 69.0 Å². The quantitative estimate of drug-likeness (QED) is 0.144. The summed E-state index contributed by atoms with van der Waals surface area (Å²) in [4.78, 5) is 28.8. The molecule has 1 heterocycles. The molecule has 4 aromatic rings. The van der Waals surface area contributed by atoms with Crippen molar-refractivity contribution in [2.45, 2.75) is 20.0 Å². The van der Waals surface area contributed by atoms with E-state index < -0.39 is 4.92 Å². The minimum atomic E-state index is -0.584. The molecular weight excluding hydrogens is 559 g/mol. The molecule has 8 nitrogen and oxygen atoms in total. The number of nitrogens with zero attached hydrogens (tertiary/aromatic N) is 4. The minimum Gasteiger partial charge on any atom is -0.481 e. The summed E-state index contributed by atoms with van der Waals surface area (Å²) in [5.74, 6) is 0.405. The van der Waals surface area contributed by atoms with Crippen molar-refractivity contribution in [3.63, 3.8) is 0 Å². The van der Waals surface area contributed by atoms with E-state index >= 15 is 0 Å². The van der Waals surface area contributed by atoms with Crippen molar-refractivity contribution < 1.29 is 9.66 Å². The lowest BCUT2D eigenvalue weighted by atomic mass is 10.2. The Morgan fingerprint density at radius 1 is 1.14 bits per heavy atom. The SMILES string of the molecule is CCc1nc2ccc(Br)cc2c(=O)n1N=Cc1cc(Cl)cc([N+](=O)[O-])c1OCc1ccc(Cl)cc1. The van der Waals surface area contributed by atoms with Gasteiger partial charge in [0.1, 0.15) is 12.4 Å². The maximum absolute atomic E-state index is 13.2. The first-order valence-electron chi connectivity index (χ1n) is 10.4. The molecule has 0 unspecified atom stereocenters. The minimum absolute atomic E-state index is 0.0271. The number of aryl methyl sites for hydroxylation is 1. The van der Waals surface area contributed by atoms with Crippen LogP contribution < -0.4 is 10.3 Å². The highest BCUT2D eigenvalue weighted by Gasteiger charge is 2.21. The molecule has 0 atom stereocenters. The third-order valence-corrected chi connectivity index (χ3v) is 6.02. The van der Waals surface area contributed by atoms with Gasteiger partial charge in [-0.3, -0.25) is 14.9 Å². The first-order valence-corrected chi connectivity index (χ1v) is 11.9. The summed E-state index contributed by atoms with van der Waals surface area (Å²) in [5, 5.41) is 17.1. The van der Waals surface area contributed by atoms with Gasteiger partial charge < -0.3 is 4.74 Å². The number of nitro groups is 1. The van der Waals surface area contributed by atoms with Crippen molar-refractivity contribution in [2.75, 3.05) is 0 Å². The van der Waals surface area contributed by atoms with E-state index in [1.807, 2.05) is 6.92 Å². The molecule has 0 radical (unpaired) electrons. The number of hydrogen-bond acceptors (Lipinski definition) is 6. The monoisotopic (exact) mass is 574 g/mol. The Kier molecular flexibility index (Phi) is 7.49. The Balaban J connectivity index is 1.79. The number of benzene rings is 3. The van der Waals surface area contributed by atoms with Gasteiger partial charge in [-0.2, -0.15) is 9.78 Å². The molecule has 0 aliphatic carbocycles. The molecule has 0 bridgehead atoms. The third kappa shape index (κ3) is 5.53. The summed E-state index contributed by atoms with van der Waals surface area (Å²) in [5.41, 5.74) is 0.852. The van der Waals surface area contributed by atoms with E-state index in [1.54, 1.807) is 42.5 Å². The molecule has 0 fully saturated rings. The van der Waals surface area contributed by atoms with Crippen molar-refractivity contribution in [3.05, 3.63) is 107 Å². The average molecular weight is 576 g/mol. The second-order valence-corrected chi connectivity index (χ2v) is 9.21. The zero-order chi connectivity index (χ0) is 25.1. The molecule has 4 rings (SSSR count). The highest BCUT2D eigenvalue weighted by Crippen LogP contribution is 2.34. The van der Waals surface area contributed by atoms with Gasteiger partial charge in [0.2, 0.25) is 5.75 Å². The standard InChI is InChI=1S/C24H17BrCl2N4O4/c1-2-22-29-20-8-5-16(25)10-19(20)24(32)30(22)28-12-15-9-18(27)11-21(31(33)34)23(15)35-13-14-3-6-17(26)7-4-14/h3-12H,2,13H2,1H3. The van der Waals surface area contributed by atoms with Crippen LogP contribution in [-0.2, 0) is 13.0 Å². The summed E-state index contributed by atoms with van der Waals surface area (Å²) < 4.78 is 7.73. The molecule has 178 valence electrons. The molecule has 1 aromatic heterocycles. The van der Waals surface area contributed by atoms with Crippen molar-refractivity contribution in [3.8, 4) is 5.75 Å². The highest BCUT2D eigenvalue weighted by atomic mass is 79.9. The zero-order valence-corrected chi connectivity index (χ0v) is 21.3. The first-order chi connectivity index (χ1) is 16.8. The van der Waals surface area contributed by atoms with Gasteiger partial charge in [-0.05, 0) is 42.0 Å². The summed E-state index contributed by atoms with van der Waals surface area (Å²) in [6.07, 6.45) is 1.75. The first kappa shape index (κ1) is 24.8. The molecule has 35 heavy (non-hydrogen) atoms. The Labute approximate surface area is 218 Å². The van der Waals surface area contributed by atoms with Crippen LogP contribution in [0.2, 0.25) is 10.0 Å². The van der Waals surface area contributed by atoms with E-state index in [0.29, 0.717) is 28.2 Å². The van der Waals surface area contributed by atoms with E-state index in [0.717, 1.165) is 10.0 Å². The van der Waals surface area contributed by atoms with Gasteiger partial charge in [0.05, 0.1) is 22.0 Å². The number of fused-ring (bicyclic) bond motifs is 1. The number of rotatable bonds is 7. The number of halogens is 3. The lowest BCUT2D eigenvalue weighted by Crippen LogP contribution is -2.22. The predicted octanol–water partition coefficient (Wildman–Crippen LogP) is 6.40. The lowest BCUT2D eigenvalue weighted by molar-refractivity contribution is -0.385. The Bertz CT molecular complexity index is 1520. The molecule has 0 amide bonds. The van der Waals surface area contributed by atoms with Crippen molar-refractivity contribution in [1.82, 2.24) is 9.66 Å². The second kappa shape index (κ2) is 10.6. The Morgan fingerprint density at radius 3 is 2.57 bits per heavy atom. The molecule has 0 spiro atoms. The van der Waals surface area contributed by atoms with E-state index in [-0.39, 0.29) is 34.2 Å². The molecule has 11 heteroatoms. The van der Waals surface area contributed by atoms with Gasteiger partial charge in [0.15, 0.2) is 0 Å². The molecule has 0 aliphatic rings. The smallest absolute Gasteiger partial charge is 0.313 e. The highest BCUT2D eigenvalue weighted by molar-refractivity contribution is 9.10. The maximum atomic E-state index is 13.2. The van der Waals surface area contributed by atoms with Gasteiger partial charge in [-0.1, -0.05) is 58.2 Å². The zero-order valence-electron chi connectivity index (χ0n) is 18.2. The summed E-state index contributed by atoms with van der Waals surface area (Å²) in [7, 11) is 0. The number of aromatic nitrogens is 2. The Morgan fingerprint density at radius 2 is 1.89 bits per heavy atom. The van der Waals surface area contributed by atoms with Crippen LogP contribution >= 0.6 is 39.1 Å². The van der Waals surface area contributed by atoms with Crippen LogP contribution in [0, 0.1) is 10.1 Å². The lowest BCUT2D eigenvalue weighted by Gasteiger charge is -2.11. The number of hydrogen-bond donors (Lipinski definition) is 0. The largest absolute Gasteiger partial charge is 0.481 e. The molecule has 0 N–H and O–H groups in total. The maximum Gasteiger partial charge on any atom is 0.313 e. The fourth-order valence-electron chi connectivity index (χ4n) is 3.39. The summed E-state index contributed by atoms with van der Waals surface area (Å²) in [6.45, 7) is 1.90. The molecule has 0 aliphatic heterocycles. The van der Waals surface area contributed by atoms with Crippen LogP contribution in [0.3, 0.4) is 0 Å². The molecule has 0 saturated carbocycles. The van der Waals surface area contributed by atoms with Crippen LogP contribution in [0.5, 0.6) is 5.75 Å². The fraction of sp³-hybridized carbons (Fsp3) is 0.125. The summed E-state index contributed by atoms with van der Waals surface area (Å²) >= 11 is 15.4. The van der Waals surface area contributed by atoms with E-state index in [9.17, 15) is 14.9 Å². The number of nitro benzene ring substituents is 1. The summed E-state index contributed by atoms with van der Waals surface area (Å²) in [6, 6.07) is 14.8. The van der Waals surface area contributed by atoms with Crippen molar-refractivity contribution in [2.24, 2.45) is 5.10 Å². The Hall–Kier alpha value is -3.27. The van der Waals surface area contributed by atoms with Gasteiger partial charge in [0.25, 0.3) is 5.56 Å². The predicted molar refractivity (Wildman–Crippen MR) is 140 cm³/mol. The van der Waals surface area contributed by atoms with Crippen LogP contribution in [0.1, 0.15) is 23.9 Å². The van der Waals surface area contributed by atoms with E-state index in [1.165, 1.54) is 23.0 Å². The van der Waals surface area contributed by atoms with Crippen LogP contribution in [0.25, 0.3) is 10.9 Å². The van der Waals surface area contributed by atoms with Gasteiger partial charge in [0, 0.05) is 32.6 Å². The molecular formula is C24H17BrCl2N4O4. The van der Waals surface area contributed by atoms with Crippen LogP contribution in [-0.4, -0.2) is 20.8 Å². The molecule has 0 saturated heterocycles. The average Bonchev–Trinajstić information content (AvgIpc) is 2.83. The van der Waals surface area contributed by atoms with Gasteiger partial charge in [-0.15, -0.1) is 0 Å². The second-order valence-electron chi connectivity index (χ2n) is 7.42. The fourth-order valence-corrected chi connectivity index (χ4v) is 4.10. The van der Waals surface area contributed by atoms with Crippen LogP contribution in [0.4, 0.5) is 5.69 Å². The van der Waals surface area contributed by atoms with E-state index in [2.05, 4.69) is 26.0 Å². The number of ether oxygens (including phenoxy) is 1. The molecule has 3 aromatic carbocycles. The third-order valence-electron chi connectivity index (χ3n) is 5.06. The van der Waals surface area contributed by atoms with Crippen molar-refractivity contribution >= 4 is 61.9 Å². The van der Waals surface area contributed by atoms with Gasteiger partial charge in [-0.25, -0.2) is 4.98 Å². The normalized spacial score (nSPS) is 11.3. The van der Waals surface area contributed by atoms with E-state index in [4.69, 9.17) is 27.9 Å². The topological polar surface area (TPSA) is 99.6 Å².